The van der Waals surface area contributed by atoms with Crippen molar-refractivity contribution < 1.29 is 0 Å². The molecular formula is C94H60N12. The highest BCUT2D eigenvalue weighted by molar-refractivity contribution is 6.14. The van der Waals surface area contributed by atoms with Crippen LogP contribution in [0.4, 0.5) is 0 Å². The first-order valence-electron chi connectivity index (χ1n) is 35.4. The van der Waals surface area contributed by atoms with Gasteiger partial charge in [0.2, 0.25) is 0 Å². The van der Waals surface area contributed by atoms with Gasteiger partial charge in [-0.15, -0.1) is 0 Å². The normalized spacial score (nSPS) is 11.6. The summed E-state index contributed by atoms with van der Waals surface area (Å²) in [6.45, 7) is 0. The van der Waals surface area contributed by atoms with E-state index in [-0.39, 0.29) is 0 Å². The first-order valence-corrected chi connectivity index (χ1v) is 35.4. The Bertz CT molecular complexity index is 6820. The zero-order valence-electron chi connectivity index (χ0n) is 57.0. The van der Waals surface area contributed by atoms with E-state index in [1.165, 1.54) is 32.3 Å². The van der Waals surface area contributed by atoms with Crippen LogP contribution in [0.5, 0.6) is 0 Å². The van der Waals surface area contributed by atoms with Crippen LogP contribution in [0.25, 0.3) is 189 Å². The molecule has 21 rings (SSSR count). The van der Waals surface area contributed by atoms with Gasteiger partial charge in [0.05, 0.1) is 61.6 Å². The van der Waals surface area contributed by atoms with Crippen LogP contribution in [0.2, 0.25) is 0 Å². The summed E-state index contributed by atoms with van der Waals surface area (Å²) < 4.78 is 9.16. The number of aromatic nitrogens is 12. The monoisotopic (exact) mass is 1360 g/mol. The topological polar surface area (TPSA) is 123 Å². The Labute approximate surface area is 608 Å². The van der Waals surface area contributed by atoms with Crippen LogP contribution < -0.4 is 0 Å². The van der Waals surface area contributed by atoms with Crippen molar-refractivity contribution in [2.45, 2.75) is 0 Å². The number of para-hydroxylation sites is 6. The molecule has 0 saturated heterocycles. The van der Waals surface area contributed by atoms with E-state index in [4.69, 9.17) is 29.9 Å². The van der Waals surface area contributed by atoms with Crippen LogP contribution in [-0.4, -0.2) is 58.1 Å². The standard InChI is InChI=1S/C50H32N6.C44H28N6/c1-4-15-33(16-5-1)47-52-48(34-17-6-2-7-18-34)54-49(53-47)36-19-14-22-39(29-36)55-44-25-12-10-23-40(44)42-30-35(27-28-46(42)55)37-31-43-41-24-11-13-26-45(41)56(50(43)51-32-37)38-20-8-3-9-21-38;1-2-12-31(13-3-1)50-42-19-7-5-15-34(42)36-25-30(28-47-44(36)50)29-20-21-43-35(24-29)33-14-4-6-18-41(33)49(43)32-26-39(37-16-8-10-22-45-37)48-40(27-32)38-17-9-11-23-46-38/h1-32H;1-28H. The van der Waals surface area contributed by atoms with Gasteiger partial charge in [-0.3, -0.25) is 19.1 Å². The van der Waals surface area contributed by atoms with Gasteiger partial charge in [0.15, 0.2) is 17.5 Å². The van der Waals surface area contributed by atoms with E-state index in [0.29, 0.717) is 17.5 Å². The second kappa shape index (κ2) is 25.8. The Hall–Kier alpha value is -14.6. The Morgan fingerprint density at radius 3 is 0.972 bits per heavy atom. The van der Waals surface area contributed by atoms with Gasteiger partial charge in [-0.2, -0.15) is 0 Å². The lowest BCUT2D eigenvalue weighted by atomic mass is 10.0. The predicted molar refractivity (Wildman–Crippen MR) is 431 cm³/mol. The Morgan fingerprint density at radius 1 is 0.179 bits per heavy atom. The summed E-state index contributed by atoms with van der Waals surface area (Å²) in [5.41, 5.74) is 23.3. The van der Waals surface area contributed by atoms with Crippen molar-refractivity contribution in [3.8, 4) is 102 Å². The quantitative estimate of drug-likeness (QED) is 0.125. The fourth-order valence-corrected chi connectivity index (χ4v) is 15.2. The molecule has 0 spiro atoms. The van der Waals surface area contributed by atoms with Gasteiger partial charge in [0.25, 0.3) is 0 Å². The molecule has 0 aliphatic carbocycles. The van der Waals surface area contributed by atoms with Crippen LogP contribution in [0.3, 0.4) is 0 Å². The van der Waals surface area contributed by atoms with Crippen LogP contribution >= 0.6 is 0 Å². The van der Waals surface area contributed by atoms with E-state index in [0.717, 1.165) is 140 Å². The summed E-state index contributed by atoms with van der Waals surface area (Å²) in [6.07, 6.45) is 7.62. The molecule has 12 nitrogen and oxygen atoms in total. The third kappa shape index (κ3) is 10.7. The lowest BCUT2D eigenvalue weighted by molar-refractivity contribution is 1.07. The number of benzene rings is 11. The number of fused-ring (bicyclic) bond motifs is 12. The molecule has 0 bridgehead atoms. The van der Waals surface area contributed by atoms with E-state index in [1.54, 1.807) is 12.4 Å². The summed E-state index contributed by atoms with van der Waals surface area (Å²) in [7, 11) is 0. The predicted octanol–water partition coefficient (Wildman–Crippen LogP) is 22.6. The number of pyridine rings is 5. The second-order valence-electron chi connectivity index (χ2n) is 26.3. The first kappa shape index (κ1) is 61.3. The minimum absolute atomic E-state index is 0.624. The highest BCUT2D eigenvalue weighted by Crippen LogP contribution is 2.42. The maximum absolute atomic E-state index is 5.10. The lowest BCUT2D eigenvalue weighted by Gasteiger charge is -2.12. The zero-order valence-corrected chi connectivity index (χ0v) is 57.0. The summed E-state index contributed by atoms with van der Waals surface area (Å²) in [4.78, 5) is 39.4. The number of hydrogen-bond donors (Lipinski definition) is 0. The molecule has 496 valence electrons. The average Bonchev–Trinajstić information content (AvgIpc) is 1.59. The molecule has 0 atom stereocenters. The highest BCUT2D eigenvalue weighted by Gasteiger charge is 2.22. The molecule has 0 aliphatic rings. The molecule has 106 heavy (non-hydrogen) atoms. The van der Waals surface area contributed by atoms with Crippen molar-refractivity contribution in [3.05, 3.63) is 365 Å². The van der Waals surface area contributed by atoms with E-state index in [2.05, 4.69) is 259 Å². The van der Waals surface area contributed by atoms with Gasteiger partial charge in [0.1, 0.15) is 11.3 Å². The maximum atomic E-state index is 5.10. The van der Waals surface area contributed by atoms with Gasteiger partial charge < -0.3 is 9.13 Å². The minimum atomic E-state index is 0.624. The number of rotatable bonds is 11. The molecule has 12 heteroatoms. The highest BCUT2D eigenvalue weighted by atomic mass is 15.1. The summed E-state index contributed by atoms with van der Waals surface area (Å²) in [5, 5.41) is 9.33. The fraction of sp³-hybridized carbons (Fsp3) is 0. The van der Waals surface area contributed by atoms with Gasteiger partial charge in [-0.05, 0) is 145 Å². The summed E-state index contributed by atoms with van der Waals surface area (Å²) in [5.74, 6) is 1.90. The number of nitrogens with zero attached hydrogens (tertiary/aromatic N) is 12. The van der Waals surface area contributed by atoms with E-state index >= 15 is 0 Å². The maximum Gasteiger partial charge on any atom is 0.164 e. The van der Waals surface area contributed by atoms with E-state index in [1.807, 2.05) is 122 Å². The van der Waals surface area contributed by atoms with Crippen molar-refractivity contribution in [2.75, 3.05) is 0 Å². The first-order chi connectivity index (χ1) is 52.6. The summed E-state index contributed by atoms with van der Waals surface area (Å²) >= 11 is 0. The molecule has 10 heterocycles. The smallest absolute Gasteiger partial charge is 0.164 e. The average molecular weight is 1360 g/mol. The zero-order chi connectivity index (χ0) is 70.0. The Balaban J connectivity index is 0.000000141. The minimum Gasteiger partial charge on any atom is -0.309 e. The van der Waals surface area contributed by atoms with Crippen molar-refractivity contribution in [3.63, 3.8) is 0 Å². The molecule has 0 saturated carbocycles. The summed E-state index contributed by atoms with van der Waals surface area (Å²) in [6, 6.07) is 118. The second-order valence-corrected chi connectivity index (χ2v) is 26.3. The van der Waals surface area contributed by atoms with Gasteiger partial charge in [0, 0.05) is 113 Å². The van der Waals surface area contributed by atoms with E-state index in [9.17, 15) is 0 Å². The SMILES string of the molecule is c1ccc(-c2nc(-c3ccccc3)nc(-c3cccc(-n4c5ccccc5c5cc(-c6cnc7c(c6)c6ccccc6n7-c6ccccc6)ccc54)c3)n2)cc1.c1ccc(-n2c3ccccc3c3cc(-c4ccc5c(c4)c4ccccc4n5-c4cc(-c5ccccn5)nc(-c5ccccn5)c4)cnc32)cc1. The third-order valence-electron chi connectivity index (χ3n) is 20.1. The molecule has 0 fully saturated rings. The molecule has 0 N–H and O–H groups in total. The number of hydrogen-bond acceptors (Lipinski definition) is 8. The van der Waals surface area contributed by atoms with Crippen molar-refractivity contribution in [1.82, 2.24) is 58.1 Å². The molecular weight excluding hydrogens is 1300 g/mol. The van der Waals surface area contributed by atoms with Gasteiger partial charge >= 0.3 is 0 Å². The van der Waals surface area contributed by atoms with Crippen molar-refractivity contribution >= 4 is 87.5 Å². The molecule has 11 aromatic carbocycles. The van der Waals surface area contributed by atoms with E-state index < -0.39 is 0 Å². The van der Waals surface area contributed by atoms with Crippen molar-refractivity contribution in [1.29, 1.82) is 0 Å². The molecule has 0 aliphatic heterocycles. The van der Waals surface area contributed by atoms with Gasteiger partial charge in [-0.25, -0.2) is 29.9 Å². The lowest BCUT2D eigenvalue weighted by Crippen LogP contribution is -2.01. The molecule has 21 aromatic rings. The Kier molecular flexibility index (Phi) is 14.9. The molecule has 0 amide bonds. The molecule has 0 radical (unpaired) electrons. The molecule has 10 aromatic heterocycles. The van der Waals surface area contributed by atoms with Crippen LogP contribution in [-0.2, 0) is 0 Å². The third-order valence-corrected chi connectivity index (χ3v) is 20.1. The molecule has 0 unspecified atom stereocenters. The van der Waals surface area contributed by atoms with Crippen LogP contribution in [0, 0.1) is 0 Å². The van der Waals surface area contributed by atoms with Crippen molar-refractivity contribution in [2.24, 2.45) is 0 Å². The fourth-order valence-electron chi connectivity index (χ4n) is 15.2. The van der Waals surface area contributed by atoms with Crippen LogP contribution in [0.1, 0.15) is 0 Å². The van der Waals surface area contributed by atoms with Gasteiger partial charge in [-0.1, -0.05) is 206 Å². The largest absolute Gasteiger partial charge is 0.309 e. The Morgan fingerprint density at radius 2 is 0.528 bits per heavy atom. The van der Waals surface area contributed by atoms with Crippen LogP contribution in [0.15, 0.2) is 365 Å².